The lowest BCUT2D eigenvalue weighted by Crippen LogP contribution is -2.48. The molecule has 0 aromatic heterocycles. The van der Waals surface area contributed by atoms with Crippen molar-refractivity contribution in [2.24, 2.45) is 0 Å². The van der Waals surface area contributed by atoms with Crippen LogP contribution in [0.5, 0.6) is 0 Å². The first-order valence-electron chi connectivity index (χ1n) is 8.78. The summed E-state index contributed by atoms with van der Waals surface area (Å²) >= 11 is 0. The Balaban J connectivity index is 2.21. The largest absolute Gasteiger partial charge is 0.355 e. The summed E-state index contributed by atoms with van der Waals surface area (Å²) in [6.45, 7) is 6.41. The van der Waals surface area contributed by atoms with Crippen molar-refractivity contribution in [2.45, 2.75) is 39.8 Å². The number of rotatable bonds is 7. The van der Waals surface area contributed by atoms with Crippen LogP contribution in [0.3, 0.4) is 0 Å². The molecule has 0 aliphatic heterocycles. The van der Waals surface area contributed by atoms with Crippen molar-refractivity contribution in [1.82, 2.24) is 10.2 Å². The molecule has 0 saturated carbocycles. The molecule has 2 aromatic rings. The first kappa shape index (κ1) is 19.6. The molecule has 0 saturated heterocycles. The summed E-state index contributed by atoms with van der Waals surface area (Å²) in [6, 6.07) is 13.1. The smallest absolute Gasteiger partial charge is 0.242 e. The highest BCUT2D eigenvalue weighted by Crippen LogP contribution is 2.14. The molecular weight excluding hydrogens is 331 g/mol. The predicted molar refractivity (Wildman–Crippen MR) is 100.0 cm³/mol. The van der Waals surface area contributed by atoms with E-state index in [1.807, 2.05) is 38.1 Å². The highest BCUT2D eigenvalue weighted by molar-refractivity contribution is 5.88. The van der Waals surface area contributed by atoms with E-state index < -0.39 is 6.04 Å². The average molecular weight is 356 g/mol. The van der Waals surface area contributed by atoms with Gasteiger partial charge in [-0.15, -0.1) is 0 Å². The molecule has 5 heteroatoms. The SMILES string of the molecule is CCNC(=O)[C@@H](C)N(Cc1cccc(C)c1)C(=O)Cc1ccc(F)cc1. The maximum atomic E-state index is 13.1. The highest BCUT2D eigenvalue weighted by Gasteiger charge is 2.25. The molecule has 4 nitrogen and oxygen atoms in total. The van der Waals surface area contributed by atoms with Gasteiger partial charge in [0, 0.05) is 13.1 Å². The number of hydrogen-bond donors (Lipinski definition) is 1. The van der Waals surface area contributed by atoms with Crippen LogP contribution in [0.2, 0.25) is 0 Å². The third-order valence-corrected chi connectivity index (χ3v) is 4.22. The lowest BCUT2D eigenvalue weighted by Gasteiger charge is -2.29. The summed E-state index contributed by atoms with van der Waals surface area (Å²) in [7, 11) is 0. The lowest BCUT2D eigenvalue weighted by atomic mass is 10.1. The Morgan fingerprint density at radius 3 is 2.42 bits per heavy atom. The fraction of sp³-hybridized carbons (Fsp3) is 0.333. The zero-order chi connectivity index (χ0) is 19.1. The Labute approximate surface area is 154 Å². The molecule has 1 atom stereocenters. The van der Waals surface area contributed by atoms with Gasteiger partial charge in [0.1, 0.15) is 11.9 Å². The van der Waals surface area contributed by atoms with Crippen molar-refractivity contribution in [3.63, 3.8) is 0 Å². The number of hydrogen-bond acceptors (Lipinski definition) is 2. The number of likely N-dealkylation sites (N-methyl/N-ethyl adjacent to an activating group) is 1. The van der Waals surface area contributed by atoms with Crippen LogP contribution in [0.25, 0.3) is 0 Å². The van der Waals surface area contributed by atoms with E-state index in [2.05, 4.69) is 5.32 Å². The Kier molecular flexibility index (Phi) is 6.89. The molecule has 0 fully saturated rings. The number of carbonyl (C=O) groups excluding carboxylic acids is 2. The van der Waals surface area contributed by atoms with Gasteiger partial charge in [-0.3, -0.25) is 9.59 Å². The summed E-state index contributed by atoms with van der Waals surface area (Å²) in [6.07, 6.45) is 0.121. The van der Waals surface area contributed by atoms with Gasteiger partial charge in [-0.05, 0) is 44.0 Å². The molecule has 0 radical (unpaired) electrons. The maximum absolute atomic E-state index is 13.1. The first-order valence-corrected chi connectivity index (χ1v) is 8.78. The van der Waals surface area contributed by atoms with Crippen LogP contribution >= 0.6 is 0 Å². The fourth-order valence-electron chi connectivity index (χ4n) is 2.79. The molecule has 26 heavy (non-hydrogen) atoms. The van der Waals surface area contributed by atoms with E-state index in [9.17, 15) is 14.0 Å². The van der Waals surface area contributed by atoms with E-state index in [-0.39, 0.29) is 24.1 Å². The molecular formula is C21H25FN2O2. The minimum atomic E-state index is -0.594. The third kappa shape index (κ3) is 5.41. The molecule has 0 spiro atoms. The van der Waals surface area contributed by atoms with Gasteiger partial charge in [0.15, 0.2) is 0 Å². The van der Waals surface area contributed by atoms with E-state index in [1.54, 1.807) is 24.0 Å². The van der Waals surface area contributed by atoms with Gasteiger partial charge in [-0.1, -0.05) is 42.0 Å². The van der Waals surface area contributed by atoms with Gasteiger partial charge in [0.2, 0.25) is 11.8 Å². The normalized spacial score (nSPS) is 11.7. The van der Waals surface area contributed by atoms with Crippen molar-refractivity contribution in [3.05, 3.63) is 71.0 Å². The van der Waals surface area contributed by atoms with Gasteiger partial charge >= 0.3 is 0 Å². The summed E-state index contributed by atoms with van der Waals surface area (Å²) in [5.41, 5.74) is 2.78. The summed E-state index contributed by atoms with van der Waals surface area (Å²) in [5, 5.41) is 2.77. The van der Waals surface area contributed by atoms with Crippen LogP contribution < -0.4 is 5.32 Å². The molecule has 0 unspecified atom stereocenters. The van der Waals surface area contributed by atoms with E-state index in [4.69, 9.17) is 0 Å². The van der Waals surface area contributed by atoms with Gasteiger partial charge in [-0.2, -0.15) is 0 Å². The van der Waals surface area contributed by atoms with E-state index in [0.717, 1.165) is 11.1 Å². The second kappa shape index (κ2) is 9.13. The van der Waals surface area contributed by atoms with Crippen LogP contribution in [-0.4, -0.2) is 29.3 Å². The minimum absolute atomic E-state index is 0.121. The van der Waals surface area contributed by atoms with Crippen molar-refractivity contribution < 1.29 is 14.0 Å². The number of nitrogens with zero attached hydrogens (tertiary/aromatic N) is 1. The Hall–Kier alpha value is -2.69. The average Bonchev–Trinajstić information content (AvgIpc) is 2.61. The standard InChI is InChI=1S/C21H25FN2O2/c1-4-23-21(26)16(3)24(14-18-7-5-6-15(2)12-18)20(25)13-17-8-10-19(22)11-9-17/h5-12,16H,4,13-14H2,1-3H3,(H,23,26)/t16-/m1/s1. The summed E-state index contributed by atoms with van der Waals surface area (Å²) < 4.78 is 13.1. The molecule has 2 aromatic carbocycles. The van der Waals surface area contributed by atoms with Crippen LogP contribution in [0.4, 0.5) is 4.39 Å². The Morgan fingerprint density at radius 1 is 1.12 bits per heavy atom. The van der Waals surface area contributed by atoms with Crippen LogP contribution in [0, 0.1) is 12.7 Å². The second-order valence-electron chi connectivity index (χ2n) is 6.38. The maximum Gasteiger partial charge on any atom is 0.242 e. The van der Waals surface area contributed by atoms with Crippen molar-refractivity contribution in [2.75, 3.05) is 6.54 Å². The minimum Gasteiger partial charge on any atom is -0.355 e. The topological polar surface area (TPSA) is 49.4 Å². The molecule has 1 N–H and O–H groups in total. The van der Waals surface area contributed by atoms with E-state index >= 15 is 0 Å². The zero-order valence-electron chi connectivity index (χ0n) is 15.5. The number of amides is 2. The number of nitrogens with one attached hydrogen (secondary N) is 1. The number of carbonyl (C=O) groups is 2. The zero-order valence-corrected chi connectivity index (χ0v) is 15.5. The van der Waals surface area contributed by atoms with E-state index in [1.165, 1.54) is 12.1 Å². The monoisotopic (exact) mass is 356 g/mol. The van der Waals surface area contributed by atoms with Crippen LogP contribution in [0.15, 0.2) is 48.5 Å². The predicted octanol–water partition coefficient (Wildman–Crippen LogP) is 3.23. The summed E-state index contributed by atoms with van der Waals surface area (Å²) in [4.78, 5) is 26.8. The molecule has 0 aliphatic carbocycles. The van der Waals surface area contributed by atoms with E-state index in [0.29, 0.717) is 18.7 Å². The van der Waals surface area contributed by atoms with Crippen LogP contribution in [-0.2, 0) is 22.6 Å². The number of aryl methyl sites for hydroxylation is 1. The highest BCUT2D eigenvalue weighted by atomic mass is 19.1. The van der Waals surface area contributed by atoms with Crippen molar-refractivity contribution in [1.29, 1.82) is 0 Å². The van der Waals surface area contributed by atoms with Crippen molar-refractivity contribution >= 4 is 11.8 Å². The van der Waals surface area contributed by atoms with Gasteiger partial charge in [-0.25, -0.2) is 4.39 Å². The molecule has 0 aliphatic rings. The number of halogens is 1. The Morgan fingerprint density at radius 2 is 1.81 bits per heavy atom. The van der Waals surface area contributed by atoms with Crippen molar-refractivity contribution in [3.8, 4) is 0 Å². The van der Waals surface area contributed by atoms with Gasteiger partial charge < -0.3 is 10.2 Å². The lowest BCUT2D eigenvalue weighted by molar-refractivity contribution is -0.140. The molecule has 0 heterocycles. The van der Waals surface area contributed by atoms with Gasteiger partial charge in [0.05, 0.1) is 6.42 Å². The summed E-state index contributed by atoms with van der Waals surface area (Å²) in [5.74, 6) is -0.696. The quantitative estimate of drug-likeness (QED) is 0.828. The third-order valence-electron chi connectivity index (χ3n) is 4.22. The van der Waals surface area contributed by atoms with Crippen LogP contribution in [0.1, 0.15) is 30.5 Å². The first-order chi connectivity index (χ1) is 12.4. The molecule has 2 amide bonds. The van der Waals surface area contributed by atoms with Gasteiger partial charge in [0.25, 0.3) is 0 Å². The second-order valence-corrected chi connectivity index (χ2v) is 6.38. The molecule has 2 rings (SSSR count). The molecule has 138 valence electrons. The molecule has 0 bridgehead atoms. The Bertz CT molecular complexity index is 759. The number of benzene rings is 2. The fourth-order valence-corrected chi connectivity index (χ4v) is 2.79.